The highest BCUT2D eigenvalue weighted by atomic mass is 19.4. The van der Waals surface area contributed by atoms with Crippen LogP contribution >= 0.6 is 0 Å². The molecule has 1 N–H and O–H groups in total. The number of alkyl halides is 3. The third-order valence-electron chi connectivity index (χ3n) is 5.05. The number of morpholine rings is 1. The van der Waals surface area contributed by atoms with E-state index < -0.39 is 34.8 Å². The molecule has 3 aromatic rings. The molecule has 2 amide bonds. The lowest BCUT2D eigenvalue weighted by molar-refractivity contribution is -0.143. The van der Waals surface area contributed by atoms with Gasteiger partial charge in [0, 0.05) is 24.3 Å². The number of amides is 2. The lowest BCUT2D eigenvalue weighted by Crippen LogP contribution is -2.40. The number of carbonyl (C=O) groups is 2. The van der Waals surface area contributed by atoms with Crippen LogP contribution in [-0.4, -0.2) is 52.8 Å². The number of hydrogen-bond donors (Lipinski definition) is 1. The maximum absolute atomic E-state index is 14.1. The van der Waals surface area contributed by atoms with Gasteiger partial charge in [-0.1, -0.05) is 12.1 Å². The average molecular weight is 462 g/mol. The van der Waals surface area contributed by atoms with Gasteiger partial charge in [-0.25, -0.2) is 9.07 Å². The molecule has 1 aliphatic rings. The summed E-state index contributed by atoms with van der Waals surface area (Å²) in [6.07, 6.45) is -4.24. The first kappa shape index (κ1) is 22.5. The van der Waals surface area contributed by atoms with E-state index in [9.17, 15) is 27.2 Å². The van der Waals surface area contributed by atoms with Gasteiger partial charge in [0.1, 0.15) is 11.5 Å². The summed E-state index contributed by atoms with van der Waals surface area (Å²) in [6.45, 7) is 1.82. The maximum atomic E-state index is 14.1. The van der Waals surface area contributed by atoms with E-state index in [0.717, 1.165) is 18.3 Å². The lowest BCUT2D eigenvalue weighted by Gasteiger charge is -2.26. The Morgan fingerprint density at radius 2 is 1.67 bits per heavy atom. The summed E-state index contributed by atoms with van der Waals surface area (Å²) >= 11 is 0. The largest absolute Gasteiger partial charge is 0.434 e. The van der Waals surface area contributed by atoms with E-state index in [1.165, 1.54) is 36.4 Å². The van der Waals surface area contributed by atoms with E-state index in [4.69, 9.17) is 4.74 Å². The molecule has 172 valence electrons. The number of ether oxygens (including phenoxy) is 1. The molecular formula is C22H18F4N4O3. The van der Waals surface area contributed by atoms with Crippen molar-refractivity contribution < 1.29 is 31.9 Å². The zero-order chi connectivity index (χ0) is 23.6. The van der Waals surface area contributed by atoms with Gasteiger partial charge in [0.15, 0.2) is 5.69 Å². The molecule has 4 rings (SSSR count). The van der Waals surface area contributed by atoms with E-state index in [-0.39, 0.29) is 11.6 Å². The van der Waals surface area contributed by atoms with Crippen LogP contribution in [0.5, 0.6) is 0 Å². The Hall–Kier alpha value is -3.73. The Morgan fingerprint density at radius 1 is 1.00 bits per heavy atom. The second kappa shape index (κ2) is 9.02. The van der Waals surface area contributed by atoms with Crippen molar-refractivity contribution in [2.75, 3.05) is 31.6 Å². The summed E-state index contributed by atoms with van der Waals surface area (Å²) in [5.74, 6) is -2.20. The van der Waals surface area contributed by atoms with Gasteiger partial charge in [-0.2, -0.15) is 18.3 Å². The van der Waals surface area contributed by atoms with Gasteiger partial charge in [0.05, 0.1) is 25.0 Å². The standard InChI is InChI=1S/C22H18F4N4O3/c23-17-3-1-2-4-18(17)30-19(22(24,25)26)16(13-27-30)20(31)28-15-7-5-14(6-8-15)21(32)29-9-11-33-12-10-29/h1-8,13H,9-12H2,(H,28,31). The number of nitrogens with one attached hydrogen (secondary N) is 1. The van der Waals surface area contributed by atoms with Crippen LogP contribution in [0.3, 0.4) is 0 Å². The van der Waals surface area contributed by atoms with Gasteiger partial charge in [-0.15, -0.1) is 0 Å². The molecule has 0 bridgehead atoms. The minimum absolute atomic E-state index is 0.185. The molecule has 1 fully saturated rings. The summed E-state index contributed by atoms with van der Waals surface area (Å²) < 4.78 is 60.9. The van der Waals surface area contributed by atoms with E-state index in [1.807, 2.05) is 0 Å². The number of para-hydroxylation sites is 1. The van der Waals surface area contributed by atoms with Crippen LogP contribution in [-0.2, 0) is 10.9 Å². The Morgan fingerprint density at radius 3 is 2.30 bits per heavy atom. The second-order valence-corrected chi connectivity index (χ2v) is 7.20. The molecule has 2 heterocycles. The van der Waals surface area contributed by atoms with Gasteiger partial charge >= 0.3 is 6.18 Å². The maximum Gasteiger partial charge on any atom is 0.434 e. The quantitative estimate of drug-likeness (QED) is 0.600. The molecule has 0 saturated carbocycles. The van der Waals surface area contributed by atoms with Crippen LogP contribution in [0.15, 0.2) is 54.7 Å². The number of anilines is 1. The van der Waals surface area contributed by atoms with Crippen molar-refractivity contribution in [1.82, 2.24) is 14.7 Å². The number of rotatable bonds is 4. The van der Waals surface area contributed by atoms with E-state index in [1.54, 1.807) is 4.90 Å². The number of aromatic nitrogens is 2. The van der Waals surface area contributed by atoms with Crippen LogP contribution in [0.25, 0.3) is 5.69 Å². The van der Waals surface area contributed by atoms with E-state index in [0.29, 0.717) is 36.5 Å². The van der Waals surface area contributed by atoms with Gasteiger partial charge in [-0.3, -0.25) is 9.59 Å². The minimum atomic E-state index is -4.97. The molecule has 11 heteroatoms. The fraction of sp³-hybridized carbons (Fsp3) is 0.227. The Balaban J connectivity index is 1.56. The number of carbonyl (C=O) groups excluding carboxylic acids is 2. The molecule has 33 heavy (non-hydrogen) atoms. The first-order valence-corrected chi connectivity index (χ1v) is 9.94. The molecule has 2 aromatic carbocycles. The number of halogens is 4. The zero-order valence-corrected chi connectivity index (χ0v) is 17.1. The second-order valence-electron chi connectivity index (χ2n) is 7.20. The number of hydrogen-bond acceptors (Lipinski definition) is 4. The molecule has 0 aliphatic carbocycles. The van der Waals surface area contributed by atoms with E-state index in [2.05, 4.69) is 10.4 Å². The summed E-state index contributed by atoms with van der Waals surface area (Å²) in [4.78, 5) is 26.7. The Labute approximate surface area is 185 Å². The van der Waals surface area contributed by atoms with Crippen molar-refractivity contribution in [3.63, 3.8) is 0 Å². The van der Waals surface area contributed by atoms with E-state index >= 15 is 0 Å². The molecule has 0 radical (unpaired) electrons. The first-order valence-electron chi connectivity index (χ1n) is 9.94. The van der Waals surface area contributed by atoms with Crippen molar-refractivity contribution >= 4 is 17.5 Å². The van der Waals surface area contributed by atoms with Crippen molar-refractivity contribution in [2.24, 2.45) is 0 Å². The monoisotopic (exact) mass is 462 g/mol. The van der Waals surface area contributed by atoms with Crippen molar-refractivity contribution in [2.45, 2.75) is 6.18 Å². The average Bonchev–Trinajstić information content (AvgIpc) is 3.26. The van der Waals surface area contributed by atoms with Gasteiger partial charge in [-0.05, 0) is 36.4 Å². The molecule has 7 nitrogen and oxygen atoms in total. The van der Waals surface area contributed by atoms with Crippen LogP contribution in [0, 0.1) is 5.82 Å². The highest BCUT2D eigenvalue weighted by Crippen LogP contribution is 2.34. The summed E-state index contributed by atoms with van der Waals surface area (Å²) in [5, 5.41) is 5.97. The van der Waals surface area contributed by atoms with Crippen LogP contribution < -0.4 is 5.32 Å². The SMILES string of the molecule is O=C(Nc1ccc(C(=O)N2CCOCC2)cc1)c1cnn(-c2ccccc2F)c1C(F)(F)F. The summed E-state index contributed by atoms with van der Waals surface area (Å²) in [6, 6.07) is 10.6. The Bertz CT molecular complexity index is 1170. The summed E-state index contributed by atoms with van der Waals surface area (Å²) in [7, 11) is 0. The summed E-state index contributed by atoms with van der Waals surface area (Å²) in [5.41, 5.74) is -2.04. The van der Waals surface area contributed by atoms with Crippen molar-refractivity contribution in [3.8, 4) is 5.69 Å². The zero-order valence-electron chi connectivity index (χ0n) is 17.1. The fourth-order valence-corrected chi connectivity index (χ4v) is 3.44. The molecule has 1 aliphatic heterocycles. The lowest BCUT2D eigenvalue weighted by atomic mass is 10.1. The van der Waals surface area contributed by atoms with Crippen molar-refractivity contribution in [3.05, 3.63) is 77.4 Å². The highest BCUT2D eigenvalue weighted by molar-refractivity contribution is 6.05. The first-order chi connectivity index (χ1) is 15.8. The minimum Gasteiger partial charge on any atom is -0.378 e. The smallest absolute Gasteiger partial charge is 0.378 e. The molecule has 0 unspecified atom stereocenters. The van der Waals surface area contributed by atoms with Gasteiger partial charge in [0.2, 0.25) is 0 Å². The normalized spacial score (nSPS) is 14.2. The molecular weight excluding hydrogens is 444 g/mol. The van der Waals surface area contributed by atoms with Gasteiger partial charge < -0.3 is 15.0 Å². The van der Waals surface area contributed by atoms with Crippen molar-refractivity contribution in [1.29, 1.82) is 0 Å². The van der Waals surface area contributed by atoms with Gasteiger partial charge in [0.25, 0.3) is 11.8 Å². The predicted molar refractivity (Wildman–Crippen MR) is 110 cm³/mol. The number of nitrogens with zero attached hydrogens (tertiary/aromatic N) is 3. The molecule has 1 saturated heterocycles. The van der Waals surface area contributed by atoms with Crippen LogP contribution in [0.4, 0.5) is 23.2 Å². The van der Waals surface area contributed by atoms with Crippen LogP contribution in [0.1, 0.15) is 26.4 Å². The third-order valence-corrected chi connectivity index (χ3v) is 5.05. The fourth-order valence-electron chi connectivity index (χ4n) is 3.44. The molecule has 0 spiro atoms. The predicted octanol–water partition coefficient (Wildman–Crippen LogP) is 3.75. The Kier molecular flexibility index (Phi) is 6.14. The highest BCUT2D eigenvalue weighted by Gasteiger charge is 2.41. The molecule has 0 atom stereocenters. The topological polar surface area (TPSA) is 76.5 Å². The molecule has 1 aromatic heterocycles. The third kappa shape index (κ3) is 4.72. The van der Waals surface area contributed by atoms with Crippen LogP contribution in [0.2, 0.25) is 0 Å². The number of benzene rings is 2.